The van der Waals surface area contributed by atoms with Gasteiger partial charge in [0.15, 0.2) is 0 Å². The monoisotopic (exact) mass is 510 g/mol. The van der Waals surface area contributed by atoms with E-state index in [1.807, 2.05) is 43.6 Å². The first-order valence-electron chi connectivity index (χ1n) is 10.6. The number of hydrogen-bond acceptors (Lipinski definition) is 10. The molecule has 5 rings (SSSR count). The van der Waals surface area contributed by atoms with Crippen LogP contribution in [0.4, 0.5) is 11.5 Å². The predicted molar refractivity (Wildman–Crippen MR) is 136 cm³/mol. The molecule has 1 atom stereocenters. The Kier molecular flexibility index (Phi) is 6.09. The normalized spacial score (nSPS) is 12.8. The van der Waals surface area contributed by atoms with E-state index >= 15 is 0 Å². The van der Waals surface area contributed by atoms with Crippen LogP contribution in [0.3, 0.4) is 0 Å². The largest absolute Gasteiger partial charge is 0.487 e. The predicted octanol–water partition coefficient (Wildman–Crippen LogP) is 4.13. The third kappa shape index (κ3) is 5.24. The van der Waals surface area contributed by atoms with E-state index < -0.39 is 16.2 Å². The molecule has 0 aliphatic heterocycles. The summed E-state index contributed by atoms with van der Waals surface area (Å²) in [6, 6.07) is 9.70. The Morgan fingerprint density at radius 2 is 1.97 bits per heavy atom. The van der Waals surface area contributed by atoms with E-state index in [1.165, 1.54) is 6.33 Å². The van der Waals surface area contributed by atoms with Crippen LogP contribution in [0, 0.1) is 0 Å². The van der Waals surface area contributed by atoms with Crippen molar-refractivity contribution in [3.63, 3.8) is 0 Å². The molecule has 5 aromatic rings. The average Bonchev–Trinajstić information content (AvgIpc) is 3.45. The Morgan fingerprint density at radius 1 is 1.11 bits per heavy atom. The van der Waals surface area contributed by atoms with E-state index in [9.17, 15) is 8.42 Å². The molecule has 0 radical (unpaired) electrons. The van der Waals surface area contributed by atoms with Gasteiger partial charge in [-0.15, -0.1) is 11.3 Å². The highest BCUT2D eigenvalue weighted by Gasteiger charge is 2.18. The minimum absolute atomic E-state index is 0.129. The number of rotatable bonds is 8. The highest BCUT2D eigenvalue weighted by molar-refractivity contribution is 7.85. The maximum Gasteiger partial charge on any atom is 0.264 e. The molecule has 0 bridgehead atoms. The highest BCUT2D eigenvalue weighted by Crippen LogP contribution is 2.37. The van der Waals surface area contributed by atoms with Crippen LogP contribution in [0.5, 0.6) is 5.75 Å². The van der Waals surface area contributed by atoms with Crippen LogP contribution in [0.15, 0.2) is 54.6 Å². The Bertz CT molecular complexity index is 1630. The van der Waals surface area contributed by atoms with Gasteiger partial charge in [-0.1, -0.05) is 0 Å². The first-order valence-corrected chi connectivity index (χ1v) is 13.3. The SMILES string of the molecule is C[C@H](COS(C)(=O)=O)Oc1cc(-c2cnn(C)c2)cc2ncnc(Nc3ccc4ncsc4c3)c12. The van der Waals surface area contributed by atoms with Crippen molar-refractivity contribution in [3.05, 3.63) is 54.6 Å². The van der Waals surface area contributed by atoms with Crippen LogP contribution in [-0.2, 0) is 21.3 Å². The lowest BCUT2D eigenvalue weighted by atomic mass is 10.1. The van der Waals surface area contributed by atoms with Gasteiger partial charge < -0.3 is 10.1 Å². The Labute approximate surface area is 205 Å². The molecule has 12 heteroatoms. The van der Waals surface area contributed by atoms with Crippen molar-refractivity contribution >= 4 is 54.1 Å². The summed E-state index contributed by atoms with van der Waals surface area (Å²) in [5.74, 6) is 1.05. The van der Waals surface area contributed by atoms with Gasteiger partial charge in [0.1, 0.15) is 30.6 Å². The van der Waals surface area contributed by atoms with Crippen LogP contribution >= 0.6 is 11.3 Å². The van der Waals surface area contributed by atoms with E-state index in [0.717, 1.165) is 33.3 Å². The quantitative estimate of drug-likeness (QED) is 0.307. The molecule has 3 heterocycles. The summed E-state index contributed by atoms with van der Waals surface area (Å²) in [5, 5.41) is 8.28. The van der Waals surface area contributed by atoms with Gasteiger partial charge in [0.2, 0.25) is 0 Å². The molecule has 0 unspecified atom stereocenters. The van der Waals surface area contributed by atoms with Gasteiger partial charge in [-0.2, -0.15) is 13.5 Å². The molecule has 180 valence electrons. The van der Waals surface area contributed by atoms with Gasteiger partial charge >= 0.3 is 0 Å². The number of nitrogens with zero attached hydrogens (tertiary/aromatic N) is 5. The third-order valence-corrected chi connectivity index (χ3v) is 6.53. The van der Waals surface area contributed by atoms with Crippen molar-refractivity contribution in [2.75, 3.05) is 18.2 Å². The first-order chi connectivity index (χ1) is 16.7. The summed E-state index contributed by atoms with van der Waals surface area (Å²) in [5.41, 5.74) is 5.99. The highest BCUT2D eigenvalue weighted by atomic mass is 32.2. The average molecular weight is 511 g/mol. The third-order valence-electron chi connectivity index (χ3n) is 5.18. The van der Waals surface area contributed by atoms with Gasteiger partial charge in [0.25, 0.3) is 10.1 Å². The molecule has 0 aliphatic carbocycles. The molecule has 1 N–H and O–H groups in total. The Hall–Kier alpha value is -3.61. The maximum absolute atomic E-state index is 11.5. The molecule has 10 nitrogen and oxygen atoms in total. The van der Waals surface area contributed by atoms with Crippen molar-refractivity contribution in [1.82, 2.24) is 24.7 Å². The second-order valence-corrected chi connectivity index (χ2v) is 10.6. The molecule has 3 aromatic heterocycles. The van der Waals surface area contributed by atoms with E-state index in [-0.39, 0.29) is 6.61 Å². The summed E-state index contributed by atoms with van der Waals surface area (Å²) >= 11 is 1.56. The molecule has 0 fully saturated rings. The zero-order valence-corrected chi connectivity index (χ0v) is 20.8. The van der Waals surface area contributed by atoms with E-state index in [0.29, 0.717) is 22.5 Å². The molecular weight excluding hydrogens is 488 g/mol. The fourth-order valence-electron chi connectivity index (χ4n) is 3.62. The molecule has 35 heavy (non-hydrogen) atoms. The number of aromatic nitrogens is 5. The number of benzene rings is 2. The van der Waals surface area contributed by atoms with Crippen molar-refractivity contribution in [2.24, 2.45) is 7.05 Å². The van der Waals surface area contributed by atoms with Crippen LogP contribution in [0.1, 0.15) is 6.92 Å². The van der Waals surface area contributed by atoms with Crippen molar-refractivity contribution in [2.45, 2.75) is 13.0 Å². The number of aryl methyl sites for hydroxylation is 1. The second-order valence-electron chi connectivity index (χ2n) is 8.07. The van der Waals surface area contributed by atoms with E-state index in [4.69, 9.17) is 8.92 Å². The van der Waals surface area contributed by atoms with Gasteiger partial charge in [-0.3, -0.25) is 8.86 Å². The van der Waals surface area contributed by atoms with Gasteiger partial charge in [0.05, 0.1) is 39.1 Å². The van der Waals surface area contributed by atoms with Crippen molar-refractivity contribution in [3.8, 4) is 16.9 Å². The Balaban J connectivity index is 1.58. The van der Waals surface area contributed by atoms with Gasteiger partial charge in [0, 0.05) is 24.5 Å². The fourth-order valence-corrected chi connectivity index (χ4v) is 4.77. The van der Waals surface area contributed by atoms with Crippen LogP contribution < -0.4 is 10.1 Å². The lowest BCUT2D eigenvalue weighted by molar-refractivity contribution is 0.149. The number of anilines is 2. The van der Waals surface area contributed by atoms with E-state index in [1.54, 1.807) is 34.6 Å². The topological polar surface area (TPSA) is 121 Å². The fraction of sp³-hybridized carbons (Fsp3) is 0.217. The molecule has 2 aromatic carbocycles. The van der Waals surface area contributed by atoms with E-state index in [2.05, 4.69) is 25.4 Å². The number of thiazole rings is 1. The Morgan fingerprint density at radius 3 is 2.74 bits per heavy atom. The summed E-state index contributed by atoms with van der Waals surface area (Å²) in [6.45, 7) is 1.61. The zero-order chi connectivity index (χ0) is 24.6. The molecule has 0 saturated carbocycles. The molecular formula is C23H22N6O4S2. The summed E-state index contributed by atoms with van der Waals surface area (Å²) in [4.78, 5) is 13.3. The molecule has 0 spiro atoms. The molecule has 0 saturated heterocycles. The number of hydrogen-bond donors (Lipinski definition) is 1. The molecule has 0 amide bonds. The zero-order valence-electron chi connectivity index (χ0n) is 19.2. The maximum atomic E-state index is 11.5. The lowest BCUT2D eigenvalue weighted by Gasteiger charge is -2.18. The van der Waals surface area contributed by atoms with Gasteiger partial charge in [-0.25, -0.2) is 15.0 Å². The lowest BCUT2D eigenvalue weighted by Crippen LogP contribution is -2.21. The first kappa shape index (κ1) is 23.1. The smallest absolute Gasteiger partial charge is 0.264 e. The van der Waals surface area contributed by atoms with Crippen LogP contribution in [0.2, 0.25) is 0 Å². The summed E-state index contributed by atoms with van der Waals surface area (Å²) in [7, 11) is -1.75. The van der Waals surface area contributed by atoms with Crippen LogP contribution in [-0.4, -0.2) is 52.1 Å². The summed E-state index contributed by atoms with van der Waals surface area (Å²) in [6.07, 6.45) is 5.59. The van der Waals surface area contributed by atoms with Gasteiger partial charge in [-0.05, 0) is 42.8 Å². The van der Waals surface area contributed by atoms with Crippen molar-refractivity contribution in [1.29, 1.82) is 0 Å². The minimum Gasteiger partial charge on any atom is -0.487 e. The molecule has 0 aliphatic rings. The summed E-state index contributed by atoms with van der Waals surface area (Å²) < 4.78 is 36.8. The number of fused-ring (bicyclic) bond motifs is 2. The van der Waals surface area contributed by atoms with Crippen LogP contribution in [0.25, 0.3) is 32.2 Å². The minimum atomic E-state index is -3.60. The van der Waals surface area contributed by atoms with Crippen molar-refractivity contribution < 1.29 is 17.3 Å². The standard InChI is InChI=1S/C23H22N6O4S2/c1-14(11-32-35(3,30)31)33-20-7-15(16-9-27-29(2)10-16)6-19-22(20)23(25-12-24-19)28-17-4-5-18-21(8-17)34-13-26-18/h4-10,12-14H,11H2,1-3H3,(H,24,25,28)/t14-/m1/s1. The number of ether oxygens (including phenoxy) is 1. The second kappa shape index (κ2) is 9.21. The number of nitrogens with one attached hydrogen (secondary N) is 1.